The Kier molecular flexibility index (Phi) is 6.00. The smallest absolute Gasteiger partial charge is 0.187 e. The normalized spacial score (nSPS) is 24.4. The maximum Gasteiger partial charge on any atom is 0.187 e. The molecule has 2 unspecified atom stereocenters. The summed E-state index contributed by atoms with van der Waals surface area (Å²) in [7, 11) is -2.44. The lowest BCUT2D eigenvalue weighted by molar-refractivity contribution is 0.104. The average molecular weight is 499 g/mol. The second-order valence-electron chi connectivity index (χ2n) is 10.3. The summed E-state index contributed by atoms with van der Waals surface area (Å²) in [4.78, 5) is 18.5. The van der Waals surface area contributed by atoms with Crippen molar-refractivity contribution < 1.29 is 13.2 Å². The zero-order valence-electron chi connectivity index (χ0n) is 20.4. The summed E-state index contributed by atoms with van der Waals surface area (Å²) in [5.41, 5.74) is 6.96. The van der Waals surface area contributed by atoms with Gasteiger partial charge in [0.2, 0.25) is 0 Å². The van der Waals surface area contributed by atoms with E-state index in [4.69, 9.17) is 0 Å². The van der Waals surface area contributed by atoms with E-state index in [0.717, 1.165) is 62.7 Å². The third-order valence-corrected chi connectivity index (χ3v) is 8.50. The van der Waals surface area contributed by atoms with Crippen LogP contribution in [0.15, 0.2) is 76.7 Å². The minimum absolute atomic E-state index is 0.0271. The van der Waals surface area contributed by atoms with Gasteiger partial charge in [0.15, 0.2) is 5.78 Å². The number of benzene rings is 1. The number of allylic oxidation sites excluding steroid dienone is 6. The number of thiol groups is 1. The molecule has 6 heteroatoms. The number of hydrogen-bond donors (Lipinski definition) is 2. The fourth-order valence-electron chi connectivity index (χ4n) is 6.06. The molecule has 1 N–H and O–H groups in total. The quantitative estimate of drug-likeness (QED) is 0.588. The largest absolute Gasteiger partial charge is 0.366 e. The molecule has 0 saturated heterocycles. The number of carbonyl (C=O) groups excluding carboxylic acids is 1. The maximum absolute atomic E-state index is 13.8. The molecule has 36 heavy (non-hydrogen) atoms. The monoisotopic (exact) mass is 498 g/mol. The van der Waals surface area contributed by atoms with Crippen molar-refractivity contribution in [3.05, 3.63) is 93.3 Å². The van der Waals surface area contributed by atoms with Gasteiger partial charge in [-0.2, -0.15) is 0 Å². The molecule has 0 spiro atoms. The van der Waals surface area contributed by atoms with Crippen molar-refractivity contribution >= 4 is 33.8 Å². The second kappa shape index (κ2) is 9.32. The molecule has 1 heterocycles. The van der Waals surface area contributed by atoms with Gasteiger partial charge in [0.25, 0.3) is 0 Å². The van der Waals surface area contributed by atoms with Gasteiger partial charge in [0.05, 0.1) is 11.4 Å². The molecule has 1 aliphatic heterocycles. The SMILES string of the molecule is CC1C=CC(CC[SH](=O)=O)=c2ccc3c(c21)C(=O)C=C1C(C2=CNC=CC=N2)=CCC(CC2CC2)C=31. The number of nitrogens with one attached hydrogen (secondary N) is 1. The molecule has 1 aromatic rings. The molecule has 0 amide bonds. The molecule has 0 radical (unpaired) electrons. The number of ketones is 1. The highest BCUT2D eigenvalue weighted by Crippen LogP contribution is 2.46. The van der Waals surface area contributed by atoms with Gasteiger partial charge in [-0.1, -0.05) is 50.1 Å². The van der Waals surface area contributed by atoms with Crippen LogP contribution in [0.3, 0.4) is 0 Å². The van der Waals surface area contributed by atoms with Crippen LogP contribution in [0.1, 0.15) is 60.9 Å². The number of carbonyl (C=O) groups is 1. The van der Waals surface area contributed by atoms with Crippen LogP contribution in [0.2, 0.25) is 0 Å². The van der Waals surface area contributed by atoms with E-state index in [-0.39, 0.29) is 17.5 Å². The van der Waals surface area contributed by atoms with E-state index >= 15 is 0 Å². The molecule has 184 valence electrons. The lowest BCUT2D eigenvalue weighted by Crippen LogP contribution is -2.35. The van der Waals surface area contributed by atoms with Gasteiger partial charge in [-0.05, 0) is 76.0 Å². The first kappa shape index (κ1) is 23.2. The molecule has 0 aromatic heterocycles. The lowest BCUT2D eigenvalue weighted by Gasteiger charge is -2.32. The molecule has 6 rings (SSSR count). The van der Waals surface area contributed by atoms with Crippen molar-refractivity contribution in [3.63, 3.8) is 0 Å². The first-order valence-electron chi connectivity index (χ1n) is 12.8. The molecule has 5 aliphatic rings. The molecule has 0 bridgehead atoms. The van der Waals surface area contributed by atoms with Gasteiger partial charge in [0.1, 0.15) is 10.7 Å². The third kappa shape index (κ3) is 4.17. The highest BCUT2D eigenvalue weighted by atomic mass is 32.2. The summed E-state index contributed by atoms with van der Waals surface area (Å²) in [5, 5.41) is 5.23. The molecule has 5 nitrogen and oxygen atoms in total. The topological polar surface area (TPSA) is 75.6 Å². The first-order valence-corrected chi connectivity index (χ1v) is 14.2. The Labute approximate surface area is 213 Å². The molecule has 4 aliphatic carbocycles. The van der Waals surface area contributed by atoms with E-state index < -0.39 is 10.7 Å². The Hall–Kier alpha value is -3.25. The van der Waals surface area contributed by atoms with E-state index in [1.54, 1.807) is 6.21 Å². The number of nitrogens with zero attached hydrogens (tertiary/aromatic N) is 1. The van der Waals surface area contributed by atoms with E-state index in [1.165, 1.54) is 18.4 Å². The summed E-state index contributed by atoms with van der Waals surface area (Å²) in [6.07, 6.45) is 20.7. The molecule has 1 fully saturated rings. The summed E-state index contributed by atoms with van der Waals surface area (Å²) in [6, 6.07) is 4.23. The van der Waals surface area contributed by atoms with Gasteiger partial charge in [0, 0.05) is 35.7 Å². The van der Waals surface area contributed by atoms with Gasteiger partial charge < -0.3 is 5.32 Å². The highest BCUT2D eigenvalue weighted by molar-refractivity contribution is 7.72. The summed E-state index contributed by atoms with van der Waals surface area (Å²) in [5.74, 6) is 1.38. The van der Waals surface area contributed by atoms with Crippen molar-refractivity contribution in [1.29, 1.82) is 0 Å². The Balaban J connectivity index is 1.57. The van der Waals surface area contributed by atoms with Crippen molar-refractivity contribution in [3.8, 4) is 0 Å². The van der Waals surface area contributed by atoms with Crippen molar-refractivity contribution in [2.45, 2.75) is 44.9 Å². The summed E-state index contributed by atoms with van der Waals surface area (Å²) in [6.45, 7) is 2.12. The molecular weight excluding hydrogens is 468 g/mol. The van der Waals surface area contributed by atoms with E-state index in [2.05, 4.69) is 41.5 Å². The average Bonchev–Trinajstić information content (AvgIpc) is 3.71. The van der Waals surface area contributed by atoms with Gasteiger partial charge >= 0.3 is 0 Å². The minimum Gasteiger partial charge on any atom is -0.366 e. The molecule has 1 saturated carbocycles. The van der Waals surface area contributed by atoms with Crippen LogP contribution in [0.25, 0.3) is 11.1 Å². The van der Waals surface area contributed by atoms with Crippen molar-refractivity contribution in [1.82, 2.24) is 5.32 Å². The van der Waals surface area contributed by atoms with Crippen LogP contribution < -0.4 is 15.8 Å². The standard InChI is InChI=1S/C30H30N2O3S/c1-18-3-6-20(11-14-36(34)35)22-9-10-24-29-21(15-19-4-5-19)7-8-23(26-17-31-12-2-13-32-26)25(29)16-27(33)30(24)28(18)22/h2-3,6,8-10,12-13,16-19,21,31,36H,4-5,7,11,14-15H2,1H3. The number of fused-ring (bicyclic) bond motifs is 4. The van der Waals surface area contributed by atoms with E-state index in [0.29, 0.717) is 12.3 Å². The van der Waals surface area contributed by atoms with Crippen LogP contribution in [0.5, 0.6) is 0 Å². The number of hydrogen-bond acceptors (Lipinski definition) is 5. The van der Waals surface area contributed by atoms with Gasteiger partial charge in [-0.15, -0.1) is 0 Å². The minimum atomic E-state index is -2.44. The molecule has 2 atom stereocenters. The van der Waals surface area contributed by atoms with Crippen LogP contribution >= 0.6 is 0 Å². The zero-order valence-corrected chi connectivity index (χ0v) is 21.3. The Morgan fingerprint density at radius 1 is 1.14 bits per heavy atom. The number of aliphatic imine (C=N–C) groups is 1. The first-order chi connectivity index (χ1) is 17.5. The van der Waals surface area contributed by atoms with Gasteiger partial charge in [-0.3, -0.25) is 9.79 Å². The maximum atomic E-state index is 13.8. The fourth-order valence-corrected chi connectivity index (χ4v) is 6.48. The van der Waals surface area contributed by atoms with Gasteiger partial charge in [-0.25, -0.2) is 8.42 Å². The molecule has 1 aromatic carbocycles. The Bertz CT molecular complexity index is 1540. The lowest BCUT2D eigenvalue weighted by atomic mass is 9.71. The fraction of sp³-hybridized carbons (Fsp3) is 0.333. The predicted octanol–water partition coefficient (Wildman–Crippen LogP) is 3.56. The van der Waals surface area contributed by atoms with Crippen LogP contribution in [-0.4, -0.2) is 26.2 Å². The summed E-state index contributed by atoms with van der Waals surface area (Å²) < 4.78 is 22.6. The van der Waals surface area contributed by atoms with E-state index in [1.807, 2.05) is 30.6 Å². The van der Waals surface area contributed by atoms with Crippen LogP contribution in [-0.2, 0) is 10.7 Å². The Morgan fingerprint density at radius 2 is 1.97 bits per heavy atom. The number of rotatable bonds is 6. The van der Waals surface area contributed by atoms with Crippen molar-refractivity contribution in [2.24, 2.45) is 16.8 Å². The van der Waals surface area contributed by atoms with E-state index in [9.17, 15) is 13.2 Å². The second-order valence-corrected chi connectivity index (χ2v) is 11.4. The Morgan fingerprint density at radius 3 is 2.78 bits per heavy atom. The van der Waals surface area contributed by atoms with Crippen molar-refractivity contribution in [2.75, 3.05) is 5.75 Å². The third-order valence-electron chi connectivity index (χ3n) is 7.91. The zero-order chi connectivity index (χ0) is 24.8. The van der Waals surface area contributed by atoms with Crippen LogP contribution in [0.4, 0.5) is 0 Å². The predicted molar refractivity (Wildman–Crippen MR) is 145 cm³/mol. The highest BCUT2D eigenvalue weighted by Gasteiger charge is 2.36. The summed E-state index contributed by atoms with van der Waals surface area (Å²) >= 11 is 0. The molecular formula is C30H30N2O3S. The van der Waals surface area contributed by atoms with Crippen LogP contribution in [0, 0.1) is 11.8 Å².